The molecule has 0 radical (unpaired) electrons. The van der Waals surface area contributed by atoms with E-state index in [1.165, 1.54) is 92.8 Å². The van der Waals surface area contributed by atoms with Gasteiger partial charge in [-0.1, -0.05) is 176 Å². The molecule has 0 aliphatic rings. The van der Waals surface area contributed by atoms with E-state index in [0.29, 0.717) is 0 Å². The van der Waals surface area contributed by atoms with Gasteiger partial charge in [-0.3, -0.25) is 4.57 Å². The molecule has 2 heteroatoms. The molecule has 12 aromatic rings. The fraction of sp³-hybridized carbons (Fsp3) is 0.0172. The van der Waals surface area contributed by atoms with Crippen LogP contribution in [0.3, 0.4) is 0 Å². The van der Waals surface area contributed by atoms with Crippen LogP contribution in [0.1, 0.15) is 5.56 Å². The zero-order valence-electron chi connectivity index (χ0n) is 33.1. The molecule has 0 atom stereocenters. The lowest BCUT2D eigenvalue weighted by atomic mass is 9.88. The van der Waals surface area contributed by atoms with Crippen molar-refractivity contribution in [2.45, 2.75) is 6.92 Å². The van der Waals surface area contributed by atoms with E-state index in [1.807, 2.05) is 6.07 Å². The van der Waals surface area contributed by atoms with Crippen molar-refractivity contribution in [3.8, 4) is 50.5 Å². The number of nitrogens with zero attached hydrogens (tertiary/aromatic N) is 2. The summed E-state index contributed by atoms with van der Waals surface area (Å²) in [5.41, 5.74) is 13.0. The average Bonchev–Trinajstić information content (AvgIpc) is 3.71. The molecule has 0 unspecified atom stereocenters. The normalized spacial score (nSPS) is 11.8. The SMILES string of the molecule is Cc1cccc2ccc3cccc(-c4cccc5ccc6cc(-c7ccc(-c8ccc9cc(-n%10c(-c%11ccccc%11)nc%11ccccc%11%10)ccc9c8)cc7)ccc6c45)c3c12. The molecule has 0 saturated heterocycles. The third-order valence-electron chi connectivity index (χ3n) is 12.5. The van der Waals surface area contributed by atoms with Crippen molar-refractivity contribution in [2.75, 3.05) is 0 Å². The molecule has 280 valence electrons. The molecule has 0 fully saturated rings. The van der Waals surface area contributed by atoms with Gasteiger partial charge in [0, 0.05) is 11.3 Å². The minimum atomic E-state index is 0.946. The molecule has 0 aliphatic heterocycles. The highest BCUT2D eigenvalue weighted by Gasteiger charge is 2.16. The zero-order valence-corrected chi connectivity index (χ0v) is 33.1. The number of fused-ring (bicyclic) bond motifs is 8. The standard InChI is InChI=1S/C58H38N2/c1-37-10-7-13-40-24-25-42-15-9-17-52(57(42)55(37)40)51-16-8-14-41-26-29-48-35-45(31-33-50(48)56(41)51)39-22-20-38(21-23-39)44-27-28-47-36-49(32-30-46(47)34-44)60-54-19-6-5-18-53(54)59-58(60)43-11-3-2-4-12-43/h2-36H,1H3. The van der Waals surface area contributed by atoms with Crippen LogP contribution in [0.2, 0.25) is 0 Å². The Bertz CT molecular complexity index is 3650. The second kappa shape index (κ2) is 13.7. The van der Waals surface area contributed by atoms with Crippen LogP contribution in [-0.4, -0.2) is 9.55 Å². The van der Waals surface area contributed by atoms with Gasteiger partial charge in [0.05, 0.1) is 11.0 Å². The smallest absolute Gasteiger partial charge is 0.145 e. The predicted octanol–water partition coefficient (Wildman–Crippen LogP) is 15.8. The summed E-state index contributed by atoms with van der Waals surface area (Å²) in [6, 6.07) is 77.5. The Kier molecular flexibility index (Phi) is 7.79. The first-order valence-electron chi connectivity index (χ1n) is 20.7. The summed E-state index contributed by atoms with van der Waals surface area (Å²) >= 11 is 0. The predicted molar refractivity (Wildman–Crippen MR) is 255 cm³/mol. The maximum absolute atomic E-state index is 5.05. The Morgan fingerprint density at radius 2 is 0.900 bits per heavy atom. The number of para-hydroxylation sites is 2. The molecular formula is C58H38N2. The summed E-state index contributed by atoms with van der Waals surface area (Å²) < 4.78 is 2.28. The highest BCUT2D eigenvalue weighted by Crippen LogP contribution is 2.42. The van der Waals surface area contributed by atoms with Crippen molar-refractivity contribution in [3.63, 3.8) is 0 Å². The number of hydrogen-bond acceptors (Lipinski definition) is 1. The molecule has 11 aromatic carbocycles. The van der Waals surface area contributed by atoms with Gasteiger partial charge in [0.25, 0.3) is 0 Å². The summed E-state index contributed by atoms with van der Waals surface area (Å²) in [6.07, 6.45) is 0. The van der Waals surface area contributed by atoms with Crippen molar-refractivity contribution in [1.29, 1.82) is 0 Å². The lowest BCUT2D eigenvalue weighted by Gasteiger charge is -2.16. The quantitative estimate of drug-likeness (QED) is 0.160. The number of aromatic nitrogens is 2. The Balaban J connectivity index is 0.888. The first-order valence-corrected chi connectivity index (χ1v) is 20.7. The molecule has 0 saturated carbocycles. The Morgan fingerprint density at radius 3 is 1.67 bits per heavy atom. The molecular weight excluding hydrogens is 725 g/mol. The third-order valence-corrected chi connectivity index (χ3v) is 12.5. The van der Waals surface area contributed by atoms with E-state index in [-0.39, 0.29) is 0 Å². The van der Waals surface area contributed by atoms with E-state index in [0.717, 1.165) is 28.1 Å². The van der Waals surface area contributed by atoms with Gasteiger partial charge in [-0.05, 0) is 136 Å². The van der Waals surface area contributed by atoms with Gasteiger partial charge >= 0.3 is 0 Å². The summed E-state index contributed by atoms with van der Waals surface area (Å²) in [6.45, 7) is 2.23. The van der Waals surface area contributed by atoms with E-state index in [2.05, 4.69) is 218 Å². The molecule has 12 rings (SSSR count). The van der Waals surface area contributed by atoms with Crippen LogP contribution in [0, 0.1) is 6.92 Å². The van der Waals surface area contributed by atoms with Crippen LogP contribution in [-0.2, 0) is 0 Å². The van der Waals surface area contributed by atoms with E-state index in [9.17, 15) is 0 Å². The molecule has 60 heavy (non-hydrogen) atoms. The molecule has 0 spiro atoms. The lowest BCUT2D eigenvalue weighted by Crippen LogP contribution is -1.97. The minimum absolute atomic E-state index is 0.946. The van der Waals surface area contributed by atoms with E-state index >= 15 is 0 Å². The second-order valence-corrected chi connectivity index (χ2v) is 16.0. The van der Waals surface area contributed by atoms with E-state index < -0.39 is 0 Å². The van der Waals surface area contributed by atoms with Crippen molar-refractivity contribution < 1.29 is 0 Å². The molecule has 0 N–H and O–H groups in total. The van der Waals surface area contributed by atoms with Crippen molar-refractivity contribution in [3.05, 3.63) is 218 Å². The fourth-order valence-electron chi connectivity index (χ4n) is 9.56. The van der Waals surface area contributed by atoms with Gasteiger partial charge in [0.2, 0.25) is 0 Å². The summed E-state index contributed by atoms with van der Waals surface area (Å²) in [5.74, 6) is 0.946. The zero-order chi connectivity index (χ0) is 39.7. The van der Waals surface area contributed by atoms with Crippen molar-refractivity contribution in [2.24, 2.45) is 0 Å². The average molecular weight is 763 g/mol. The van der Waals surface area contributed by atoms with Gasteiger partial charge in [0.1, 0.15) is 5.82 Å². The topological polar surface area (TPSA) is 17.8 Å². The number of benzene rings is 11. The molecule has 0 aliphatic carbocycles. The molecule has 2 nitrogen and oxygen atoms in total. The summed E-state index contributed by atoms with van der Waals surface area (Å²) in [5, 5.41) is 12.7. The number of aryl methyl sites for hydroxylation is 1. The maximum atomic E-state index is 5.05. The van der Waals surface area contributed by atoms with Gasteiger partial charge in [-0.2, -0.15) is 0 Å². The van der Waals surface area contributed by atoms with E-state index in [1.54, 1.807) is 0 Å². The molecule has 1 heterocycles. The van der Waals surface area contributed by atoms with Crippen LogP contribution in [0.25, 0.3) is 115 Å². The van der Waals surface area contributed by atoms with Crippen LogP contribution in [0.15, 0.2) is 212 Å². The van der Waals surface area contributed by atoms with Crippen LogP contribution in [0.4, 0.5) is 0 Å². The number of hydrogen-bond donors (Lipinski definition) is 0. The Hall–Kier alpha value is -7.81. The monoisotopic (exact) mass is 762 g/mol. The maximum Gasteiger partial charge on any atom is 0.145 e. The first kappa shape index (κ1) is 34.3. The summed E-state index contributed by atoms with van der Waals surface area (Å²) in [4.78, 5) is 5.05. The number of imidazole rings is 1. The van der Waals surface area contributed by atoms with E-state index in [4.69, 9.17) is 4.98 Å². The van der Waals surface area contributed by atoms with Gasteiger partial charge in [0.15, 0.2) is 0 Å². The number of rotatable bonds is 5. The molecule has 0 bridgehead atoms. The van der Waals surface area contributed by atoms with Crippen LogP contribution < -0.4 is 0 Å². The highest BCUT2D eigenvalue weighted by molar-refractivity contribution is 6.21. The van der Waals surface area contributed by atoms with Gasteiger partial charge in [-0.25, -0.2) is 4.98 Å². The lowest BCUT2D eigenvalue weighted by molar-refractivity contribution is 1.11. The van der Waals surface area contributed by atoms with Crippen molar-refractivity contribution in [1.82, 2.24) is 9.55 Å². The van der Waals surface area contributed by atoms with Gasteiger partial charge in [-0.15, -0.1) is 0 Å². The fourth-order valence-corrected chi connectivity index (χ4v) is 9.56. The first-order chi connectivity index (χ1) is 29.6. The summed E-state index contributed by atoms with van der Waals surface area (Å²) in [7, 11) is 0. The Morgan fingerprint density at radius 1 is 0.350 bits per heavy atom. The van der Waals surface area contributed by atoms with Crippen molar-refractivity contribution >= 4 is 64.9 Å². The molecule has 0 amide bonds. The minimum Gasteiger partial charge on any atom is -0.292 e. The second-order valence-electron chi connectivity index (χ2n) is 16.0. The van der Waals surface area contributed by atoms with Crippen LogP contribution >= 0.6 is 0 Å². The Labute approximate surface area is 348 Å². The third kappa shape index (κ3) is 5.53. The van der Waals surface area contributed by atoms with Crippen LogP contribution in [0.5, 0.6) is 0 Å². The highest BCUT2D eigenvalue weighted by atomic mass is 15.1. The molecule has 1 aromatic heterocycles. The largest absolute Gasteiger partial charge is 0.292 e. The van der Waals surface area contributed by atoms with Gasteiger partial charge < -0.3 is 0 Å².